The molecule has 0 aliphatic rings. The summed E-state index contributed by atoms with van der Waals surface area (Å²) in [7, 11) is 0. The summed E-state index contributed by atoms with van der Waals surface area (Å²) in [5.41, 5.74) is -0.00116. The second-order valence-electron chi connectivity index (χ2n) is 3.71. The molecular formula is C10H15IN2O2. The van der Waals surface area contributed by atoms with Crippen LogP contribution in [0.4, 0.5) is 0 Å². The van der Waals surface area contributed by atoms with E-state index in [4.69, 9.17) is 4.74 Å². The molecule has 0 amide bonds. The van der Waals surface area contributed by atoms with Crippen LogP contribution in [-0.4, -0.2) is 22.8 Å². The molecule has 1 heterocycles. The van der Waals surface area contributed by atoms with Crippen molar-refractivity contribution < 1.29 is 4.74 Å². The van der Waals surface area contributed by atoms with Crippen molar-refractivity contribution in [3.63, 3.8) is 0 Å². The van der Waals surface area contributed by atoms with Gasteiger partial charge in [0.2, 0.25) is 0 Å². The molecule has 1 aromatic rings. The largest absolute Gasteiger partial charge is 0.379 e. The van der Waals surface area contributed by atoms with Crippen LogP contribution in [-0.2, 0) is 11.3 Å². The van der Waals surface area contributed by atoms with Crippen LogP contribution < -0.4 is 5.56 Å². The van der Waals surface area contributed by atoms with Crippen molar-refractivity contribution in [1.82, 2.24) is 9.55 Å². The molecule has 4 nitrogen and oxygen atoms in total. The number of halogens is 1. The molecule has 0 aliphatic heterocycles. The zero-order valence-electron chi connectivity index (χ0n) is 8.94. The molecule has 0 saturated carbocycles. The normalized spacial score (nSPS) is 10.9. The summed E-state index contributed by atoms with van der Waals surface area (Å²) >= 11 is 1.98. The molecule has 0 bridgehead atoms. The van der Waals surface area contributed by atoms with E-state index in [1.807, 2.05) is 22.6 Å². The Morgan fingerprint density at radius 1 is 1.60 bits per heavy atom. The summed E-state index contributed by atoms with van der Waals surface area (Å²) in [6, 6.07) is 0. The lowest BCUT2D eigenvalue weighted by Gasteiger charge is -2.08. The Labute approximate surface area is 103 Å². The van der Waals surface area contributed by atoms with Crippen molar-refractivity contribution in [2.75, 3.05) is 13.2 Å². The van der Waals surface area contributed by atoms with E-state index < -0.39 is 0 Å². The van der Waals surface area contributed by atoms with Gasteiger partial charge in [0.25, 0.3) is 5.56 Å². The first-order chi connectivity index (χ1) is 7.11. The van der Waals surface area contributed by atoms with Gasteiger partial charge in [-0.2, -0.15) is 0 Å². The summed E-state index contributed by atoms with van der Waals surface area (Å²) in [4.78, 5) is 15.5. The Kier molecular flexibility index (Phi) is 5.24. The maximum atomic E-state index is 11.6. The quantitative estimate of drug-likeness (QED) is 0.610. The van der Waals surface area contributed by atoms with Gasteiger partial charge in [-0.05, 0) is 28.5 Å². The summed E-state index contributed by atoms with van der Waals surface area (Å²) in [6.07, 6.45) is 3.11. The van der Waals surface area contributed by atoms with Gasteiger partial charge in [-0.1, -0.05) is 13.8 Å². The minimum Gasteiger partial charge on any atom is -0.379 e. The lowest BCUT2D eigenvalue weighted by Crippen LogP contribution is -2.24. The fourth-order valence-corrected chi connectivity index (χ4v) is 1.54. The molecule has 0 N–H and O–H groups in total. The third-order valence-electron chi connectivity index (χ3n) is 1.79. The van der Waals surface area contributed by atoms with E-state index in [-0.39, 0.29) is 5.56 Å². The van der Waals surface area contributed by atoms with Gasteiger partial charge in [-0.25, -0.2) is 4.98 Å². The Hall–Kier alpha value is -0.430. The van der Waals surface area contributed by atoms with E-state index in [2.05, 4.69) is 18.8 Å². The van der Waals surface area contributed by atoms with Crippen molar-refractivity contribution in [3.8, 4) is 0 Å². The molecule has 1 aromatic heterocycles. The van der Waals surface area contributed by atoms with E-state index in [0.717, 1.165) is 6.61 Å². The van der Waals surface area contributed by atoms with Gasteiger partial charge < -0.3 is 4.74 Å². The second-order valence-corrected chi connectivity index (χ2v) is 4.87. The smallest absolute Gasteiger partial charge is 0.266 e. The van der Waals surface area contributed by atoms with E-state index >= 15 is 0 Å². The van der Waals surface area contributed by atoms with Crippen LogP contribution >= 0.6 is 22.6 Å². The van der Waals surface area contributed by atoms with Crippen molar-refractivity contribution in [2.45, 2.75) is 20.4 Å². The van der Waals surface area contributed by atoms with Crippen LogP contribution in [0.1, 0.15) is 13.8 Å². The Balaban J connectivity index is 2.44. The summed E-state index contributed by atoms with van der Waals surface area (Å²) in [6.45, 7) is 6.04. The van der Waals surface area contributed by atoms with E-state index in [1.54, 1.807) is 17.1 Å². The topological polar surface area (TPSA) is 44.1 Å². The van der Waals surface area contributed by atoms with Gasteiger partial charge in [0.1, 0.15) is 0 Å². The lowest BCUT2D eigenvalue weighted by atomic mass is 10.2. The first kappa shape index (κ1) is 12.6. The predicted molar refractivity (Wildman–Crippen MR) is 66.9 cm³/mol. The van der Waals surface area contributed by atoms with Crippen molar-refractivity contribution in [1.29, 1.82) is 0 Å². The first-order valence-electron chi connectivity index (χ1n) is 4.89. The number of ether oxygens (including phenoxy) is 1. The molecular weight excluding hydrogens is 307 g/mol. The standard InChI is InChI=1S/C10H15IN2O2/c1-8(2)6-15-4-3-13-7-12-5-9(11)10(13)14/h5,7-8H,3-4,6H2,1-2H3. The molecule has 84 valence electrons. The minimum absolute atomic E-state index is 0.00116. The molecule has 0 aromatic carbocycles. The van der Waals surface area contributed by atoms with Crippen molar-refractivity contribution in [3.05, 3.63) is 26.4 Å². The summed E-state index contributed by atoms with van der Waals surface area (Å²) in [5, 5.41) is 0. The zero-order valence-corrected chi connectivity index (χ0v) is 11.1. The number of hydrogen-bond donors (Lipinski definition) is 0. The SMILES string of the molecule is CC(C)COCCn1cncc(I)c1=O. The number of nitrogens with zero attached hydrogens (tertiary/aromatic N) is 2. The molecule has 0 aliphatic carbocycles. The molecule has 0 atom stereocenters. The Morgan fingerprint density at radius 3 is 3.00 bits per heavy atom. The predicted octanol–water partition coefficient (Wildman–Crippen LogP) is 1.52. The fourth-order valence-electron chi connectivity index (χ4n) is 1.07. The molecule has 0 fully saturated rings. The number of hydrogen-bond acceptors (Lipinski definition) is 3. The van der Waals surface area contributed by atoms with Gasteiger partial charge in [-0.15, -0.1) is 0 Å². The average molecular weight is 322 g/mol. The van der Waals surface area contributed by atoms with E-state index in [0.29, 0.717) is 22.6 Å². The van der Waals surface area contributed by atoms with Gasteiger partial charge in [0, 0.05) is 12.8 Å². The molecule has 5 heteroatoms. The lowest BCUT2D eigenvalue weighted by molar-refractivity contribution is 0.102. The monoisotopic (exact) mass is 322 g/mol. The minimum atomic E-state index is -0.00116. The second kappa shape index (κ2) is 6.22. The van der Waals surface area contributed by atoms with Crippen LogP contribution in [0.15, 0.2) is 17.3 Å². The fraction of sp³-hybridized carbons (Fsp3) is 0.600. The highest BCUT2D eigenvalue weighted by atomic mass is 127. The highest BCUT2D eigenvalue weighted by Gasteiger charge is 2.00. The maximum Gasteiger partial charge on any atom is 0.266 e. The third-order valence-corrected chi connectivity index (χ3v) is 2.53. The molecule has 0 radical (unpaired) electrons. The average Bonchev–Trinajstić information content (AvgIpc) is 2.18. The number of aromatic nitrogens is 2. The number of rotatable bonds is 5. The van der Waals surface area contributed by atoms with E-state index in [9.17, 15) is 4.79 Å². The summed E-state index contributed by atoms with van der Waals surface area (Å²) < 4.78 is 7.61. The molecule has 15 heavy (non-hydrogen) atoms. The molecule has 0 spiro atoms. The van der Waals surface area contributed by atoms with E-state index in [1.165, 1.54) is 0 Å². The highest BCUT2D eigenvalue weighted by Crippen LogP contribution is 1.95. The molecule has 1 rings (SSSR count). The molecule has 0 unspecified atom stereocenters. The van der Waals surface area contributed by atoms with Gasteiger partial charge in [-0.3, -0.25) is 9.36 Å². The Morgan fingerprint density at radius 2 is 2.33 bits per heavy atom. The van der Waals surface area contributed by atoms with Crippen molar-refractivity contribution in [2.24, 2.45) is 5.92 Å². The van der Waals surface area contributed by atoms with Crippen LogP contribution in [0.5, 0.6) is 0 Å². The Bertz CT molecular complexity index is 363. The van der Waals surface area contributed by atoms with Crippen LogP contribution in [0, 0.1) is 9.49 Å². The van der Waals surface area contributed by atoms with Gasteiger partial charge in [0.05, 0.1) is 23.0 Å². The zero-order chi connectivity index (χ0) is 11.3. The van der Waals surface area contributed by atoms with Crippen molar-refractivity contribution >= 4 is 22.6 Å². The molecule has 0 saturated heterocycles. The highest BCUT2D eigenvalue weighted by molar-refractivity contribution is 14.1. The van der Waals surface area contributed by atoms with Crippen LogP contribution in [0.2, 0.25) is 0 Å². The van der Waals surface area contributed by atoms with Crippen LogP contribution in [0.3, 0.4) is 0 Å². The third kappa shape index (κ3) is 4.29. The van der Waals surface area contributed by atoms with Crippen LogP contribution in [0.25, 0.3) is 0 Å². The van der Waals surface area contributed by atoms with Gasteiger partial charge >= 0.3 is 0 Å². The van der Waals surface area contributed by atoms with Gasteiger partial charge in [0.15, 0.2) is 0 Å². The maximum absolute atomic E-state index is 11.6. The summed E-state index contributed by atoms with van der Waals surface area (Å²) in [5.74, 6) is 0.524. The first-order valence-corrected chi connectivity index (χ1v) is 5.97.